The van der Waals surface area contributed by atoms with Crippen molar-refractivity contribution < 1.29 is 32.9 Å². The Morgan fingerprint density at radius 2 is 0.813 bits per heavy atom. The number of nitrogens with zero attached hydrogens (tertiary/aromatic N) is 1. The van der Waals surface area contributed by atoms with Crippen molar-refractivity contribution in [3.8, 4) is 0 Å². The van der Waals surface area contributed by atoms with Crippen molar-refractivity contribution in [3.63, 3.8) is 0 Å². The average Bonchev–Trinajstić information content (AvgIpc) is 3.37. The number of aliphatic hydroxyl groups is 1. The number of amides is 1. The van der Waals surface area contributed by atoms with E-state index < -0.39 is 20.0 Å². The second-order valence-corrected chi connectivity index (χ2v) is 23.1. The molecule has 0 aliphatic rings. The van der Waals surface area contributed by atoms with E-state index in [1.54, 1.807) is 6.08 Å². The molecule has 3 N–H and O–H groups in total. The van der Waals surface area contributed by atoms with E-state index in [1.807, 2.05) is 27.2 Å². The monoisotopic (exact) mass is 1070 g/mol. The van der Waals surface area contributed by atoms with Crippen LogP contribution in [0.4, 0.5) is 0 Å². The highest BCUT2D eigenvalue weighted by Gasteiger charge is 2.27. The summed E-state index contributed by atoms with van der Waals surface area (Å²) in [7, 11) is 1.54. The van der Waals surface area contributed by atoms with Crippen molar-refractivity contribution in [3.05, 3.63) is 109 Å². The number of phosphoric ester groups is 1. The molecule has 9 heteroatoms. The maximum atomic E-state index is 13.0. The van der Waals surface area contributed by atoms with E-state index in [1.165, 1.54) is 148 Å². The Labute approximate surface area is 463 Å². The van der Waals surface area contributed by atoms with Crippen molar-refractivity contribution in [1.29, 1.82) is 0 Å². The quantitative estimate of drug-likeness (QED) is 0.0243. The number of hydrogen-bond acceptors (Lipinski definition) is 5. The summed E-state index contributed by atoms with van der Waals surface area (Å²) in [5.74, 6) is -0.196. The number of nitrogens with one attached hydrogen (secondary N) is 1. The number of hydrogen-bond donors (Lipinski definition) is 3. The van der Waals surface area contributed by atoms with Crippen LogP contribution >= 0.6 is 7.82 Å². The third-order valence-corrected chi connectivity index (χ3v) is 14.2. The van der Waals surface area contributed by atoms with Gasteiger partial charge in [-0.3, -0.25) is 13.8 Å². The van der Waals surface area contributed by atoms with E-state index in [4.69, 9.17) is 9.05 Å². The standard InChI is InChI=1S/C66H117N2O6P/c1-6-8-10-12-14-16-18-20-22-24-26-28-30-31-32-33-34-35-36-37-38-40-42-44-46-48-50-52-54-56-58-60-66(70)67-64(63-74-75(71,72)73-62-61-68(3,4)5)65(69)59-57-55-53-51-49-47-45-43-41-39-29-27-25-23-21-19-17-15-13-11-9-7-2/h8,10,14,16,20,22,26,28,31-32,34-35,41,43,49,51,57,59,64-65,69H,6-7,9,11-13,15,17-19,21,23-25,27,29-30,33,36-40,42,44-48,50,52-56,58,60-63H2,1-5H3,(H-,67,70,71,72)/p+1/b10-8-,16-14-,22-20-,28-26-,32-31-,35-34-,43-41+,51-49+,59-57+. The topological polar surface area (TPSA) is 105 Å². The van der Waals surface area contributed by atoms with E-state index in [9.17, 15) is 19.4 Å². The highest BCUT2D eigenvalue weighted by Crippen LogP contribution is 2.43. The molecule has 0 fully saturated rings. The molecule has 0 rings (SSSR count). The number of carbonyl (C=O) groups is 1. The summed E-state index contributed by atoms with van der Waals surface area (Å²) in [5, 5.41) is 13.9. The number of allylic oxidation sites excluding steroid dienone is 17. The van der Waals surface area contributed by atoms with Crippen molar-refractivity contribution in [2.24, 2.45) is 0 Å². The summed E-state index contributed by atoms with van der Waals surface area (Å²) < 4.78 is 23.7. The van der Waals surface area contributed by atoms with Crippen molar-refractivity contribution in [1.82, 2.24) is 5.32 Å². The predicted molar refractivity (Wildman–Crippen MR) is 327 cm³/mol. The van der Waals surface area contributed by atoms with Crippen LogP contribution in [0, 0.1) is 0 Å². The van der Waals surface area contributed by atoms with E-state index in [0.29, 0.717) is 17.4 Å². The zero-order valence-electron chi connectivity index (χ0n) is 49.3. The van der Waals surface area contributed by atoms with E-state index in [2.05, 4.69) is 116 Å². The second-order valence-electron chi connectivity index (χ2n) is 21.7. The van der Waals surface area contributed by atoms with Gasteiger partial charge in [0.1, 0.15) is 13.2 Å². The normalized spacial score (nSPS) is 14.6. The lowest BCUT2D eigenvalue weighted by molar-refractivity contribution is -0.870. The number of unbranched alkanes of at least 4 members (excludes halogenated alkanes) is 26. The minimum absolute atomic E-state index is 0.0485. The number of likely N-dealkylation sites (N-methyl/N-ethyl adjacent to an activating group) is 1. The molecule has 75 heavy (non-hydrogen) atoms. The third-order valence-electron chi connectivity index (χ3n) is 13.2. The highest BCUT2D eigenvalue weighted by atomic mass is 31.2. The zero-order valence-corrected chi connectivity index (χ0v) is 50.1. The van der Waals surface area contributed by atoms with Crippen molar-refractivity contribution in [2.75, 3.05) is 40.9 Å². The first-order valence-corrected chi connectivity index (χ1v) is 32.3. The number of aliphatic hydroxyl groups excluding tert-OH is 1. The van der Waals surface area contributed by atoms with Gasteiger partial charge in [-0.05, 0) is 96.3 Å². The number of carbonyl (C=O) groups excluding carboxylic acids is 1. The molecular weight excluding hydrogens is 948 g/mol. The summed E-state index contributed by atoms with van der Waals surface area (Å²) in [5.41, 5.74) is 0. The first-order chi connectivity index (χ1) is 36.5. The molecule has 0 aromatic carbocycles. The van der Waals surface area contributed by atoms with Gasteiger partial charge < -0.3 is 19.8 Å². The van der Waals surface area contributed by atoms with Gasteiger partial charge in [-0.1, -0.05) is 258 Å². The second kappa shape index (κ2) is 55.9. The Kier molecular flexibility index (Phi) is 53.8. The van der Waals surface area contributed by atoms with Gasteiger partial charge in [0.2, 0.25) is 5.91 Å². The largest absolute Gasteiger partial charge is 0.472 e. The molecule has 1 amide bonds. The lowest BCUT2D eigenvalue weighted by atomic mass is 10.0. The number of rotatable bonds is 55. The first kappa shape index (κ1) is 72.2. The maximum absolute atomic E-state index is 13.0. The molecule has 0 aliphatic carbocycles. The smallest absolute Gasteiger partial charge is 0.387 e. The Morgan fingerprint density at radius 1 is 0.467 bits per heavy atom. The Balaban J connectivity index is 4.24. The van der Waals surface area contributed by atoms with Crippen LogP contribution in [0.15, 0.2) is 109 Å². The Morgan fingerprint density at radius 3 is 1.23 bits per heavy atom. The highest BCUT2D eigenvalue weighted by molar-refractivity contribution is 7.47. The van der Waals surface area contributed by atoms with Gasteiger partial charge in [0.15, 0.2) is 0 Å². The molecule has 0 heterocycles. The molecule has 3 atom stereocenters. The van der Waals surface area contributed by atoms with E-state index in [-0.39, 0.29) is 19.1 Å². The molecule has 3 unspecified atom stereocenters. The first-order valence-electron chi connectivity index (χ1n) is 30.8. The summed E-state index contributed by atoms with van der Waals surface area (Å²) in [6, 6.07) is -0.879. The van der Waals surface area contributed by atoms with E-state index >= 15 is 0 Å². The van der Waals surface area contributed by atoms with Crippen LogP contribution in [-0.4, -0.2) is 73.4 Å². The van der Waals surface area contributed by atoms with Crippen molar-refractivity contribution >= 4 is 13.7 Å². The Bertz CT molecular complexity index is 1590. The number of phosphoric acid groups is 1. The van der Waals surface area contributed by atoms with Gasteiger partial charge in [0, 0.05) is 6.42 Å². The summed E-state index contributed by atoms with van der Waals surface area (Å²) in [6.45, 7) is 4.68. The average molecular weight is 1070 g/mol. The molecule has 0 saturated heterocycles. The lowest BCUT2D eigenvalue weighted by Crippen LogP contribution is -2.45. The summed E-state index contributed by atoms with van der Waals surface area (Å²) in [4.78, 5) is 23.3. The fraction of sp³-hybridized carbons (Fsp3) is 0.712. The molecular formula is C66H118N2O6P+. The maximum Gasteiger partial charge on any atom is 0.472 e. The lowest BCUT2D eigenvalue weighted by Gasteiger charge is -2.25. The van der Waals surface area contributed by atoms with Gasteiger partial charge in [-0.2, -0.15) is 0 Å². The number of quaternary nitrogens is 1. The predicted octanol–water partition coefficient (Wildman–Crippen LogP) is 19.2. The summed E-state index contributed by atoms with van der Waals surface area (Å²) >= 11 is 0. The minimum Gasteiger partial charge on any atom is -0.387 e. The van der Waals surface area contributed by atoms with Crippen molar-refractivity contribution in [2.45, 2.75) is 264 Å². The molecule has 0 spiro atoms. The summed E-state index contributed by atoms with van der Waals surface area (Å²) in [6.07, 6.45) is 82.0. The van der Waals surface area contributed by atoms with Crippen LogP contribution < -0.4 is 5.32 Å². The molecule has 0 radical (unpaired) electrons. The molecule has 0 bridgehead atoms. The van der Waals surface area contributed by atoms with Gasteiger partial charge in [-0.25, -0.2) is 4.57 Å². The van der Waals surface area contributed by atoms with Gasteiger partial charge >= 0.3 is 7.82 Å². The van der Waals surface area contributed by atoms with E-state index in [0.717, 1.165) is 83.5 Å². The molecule has 0 aliphatic heterocycles. The van der Waals surface area contributed by atoms with Crippen LogP contribution in [0.1, 0.15) is 251 Å². The fourth-order valence-corrected chi connectivity index (χ4v) is 9.17. The van der Waals surface area contributed by atoms with Gasteiger partial charge in [0.25, 0.3) is 0 Å². The fourth-order valence-electron chi connectivity index (χ4n) is 8.43. The molecule has 0 saturated carbocycles. The van der Waals surface area contributed by atoms with Crippen LogP contribution in [0.25, 0.3) is 0 Å². The minimum atomic E-state index is -4.37. The SMILES string of the molecule is CC/C=C\C/C=C\C/C=C\C/C=C\C/C=C\C/C=C\CCCCCCCCCCCCCCC(=O)NC(COP(=O)(O)OCC[N+](C)(C)C)C(O)/C=C/CC/C=C/CC/C=C/CCCCCCCCCCCCCC. The van der Waals surface area contributed by atoms with Crippen LogP contribution in [0.2, 0.25) is 0 Å². The van der Waals surface area contributed by atoms with Gasteiger partial charge in [-0.15, -0.1) is 0 Å². The molecule has 0 aromatic heterocycles. The van der Waals surface area contributed by atoms with Crippen LogP contribution in [0.3, 0.4) is 0 Å². The molecule has 0 aromatic rings. The van der Waals surface area contributed by atoms with Gasteiger partial charge in [0.05, 0.1) is 39.9 Å². The zero-order chi connectivity index (χ0) is 54.9. The molecule has 8 nitrogen and oxygen atoms in total. The molecule has 432 valence electrons. The Hall–Kier alpha value is -2.84. The van der Waals surface area contributed by atoms with Crippen LogP contribution in [0.5, 0.6) is 0 Å². The van der Waals surface area contributed by atoms with Crippen LogP contribution in [-0.2, 0) is 18.4 Å². The third kappa shape index (κ3) is 58.7.